The van der Waals surface area contributed by atoms with Crippen LogP contribution in [0.5, 0.6) is 0 Å². The monoisotopic (exact) mass is 332 g/mol. The van der Waals surface area contributed by atoms with E-state index >= 15 is 0 Å². The van der Waals surface area contributed by atoms with Gasteiger partial charge in [0.2, 0.25) is 0 Å². The molecule has 23 heavy (non-hydrogen) atoms. The summed E-state index contributed by atoms with van der Waals surface area (Å²) in [6, 6.07) is -0.269. The number of carbonyl (C=O) groups excluding carboxylic acids is 2. The average Bonchev–Trinajstić information content (AvgIpc) is 2.90. The highest BCUT2D eigenvalue weighted by Crippen LogP contribution is 2.05. The first-order valence-corrected chi connectivity index (χ1v) is 7.71. The molecule has 0 aliphatic carbocycles. The van der Waals surface area contributed by atoms with E-state index in [1.165, 1.54) is 0 Å². The van der Waals surface area contributed by atoms with Gasteiger partial charge < -0.3 is 29.5 Å². The number of nitrogens with zero attached hydrogens (tertiary/aromatic N) is 1. The number of hydrogen-bond donors (Lipinski definition) is 2. The Morgan fingerprint density at radius 1 is 1.35 bits per heavy atom. The predicted molar refractivity (Wildman–Crippen MR) is 81.4 cm³/mol. The van der Waals surface area contributed by atoms with Gasteiger partial charge in [-0.2, -0.15) is 0 Å². The van der Waals surface area contributed by atoms with Crippen LogP contribution in [0.3, 0.4) is 0 Å². The molecule has 1 aliphatic heterocycles. The lowest BCUT2D eigenvalue weighted by Gasteiger charge is -2.29. The van der Waals surface area contributed by atoms with Gasteiger partial charge in [0.05, 0.1) is 21.1 Å². The fraction of sp³-hybridized carbons (Fsp3) is 0.800. The number of quaternary nitrogens is 1. The van der Waals surface area contributed by atoms with Crippen LogP contribution in [0.4, 0.5) is 0 Å². The minimum absolute atomic E-state index is 0.249. The first-order chi connectivity index (χ1) is 10.5. The maximum absolute atomic E-state index is 11.0. The third-order valence-electron chi connectivity index (χ3n) is 3.09. The molecule has 8 nitrogen and oxygen atoms in total. The first kappa shape index (κ1) is 21.3. The maximum atomic E-state index is 11.0. The Hall–Kier alpha value is -1.67. The highest BCUT2D eigenvalue weighted by atomic mass is 16.5. The summed E-state index contributed by atoms with van der Waals surface area (Å²) in [6.07, 6.45) is 1.18. The molecule has 0 aromatic rings. The molecule has 134 valence electrons. The molecular formula is C15H28N2O6. The van der Waals surface area contributed by atoms with E-state index in [-0.39, 0.29) is 24.9 Å². The average molecular weight is 332 g/mol. The number of carbonyl (C=O) groups is 3. The number of carboxylic acids is 2. The molecule has 0 radical (unpaired) electrons. The molecule has 0 bridgehead atoms. The summed E-state index contributed by atoms with van der Waals surface area (Å²) in [4.78, 5) is 31.6. The highest BCUT2D eigenvalue weighted by molar-refractivity contribution is 5.73. The van der Waals surface area contributed by atoms with Crippen LogP contribution >= 0.6 is 0 Å². The molecule has 0 aromatic carbocycles. The van der Waals surface area contributed by atoms with Crippen molar-refractivity contribution in [2.45, 2.75) is 44.8 Å². The second-order valence-electron chi connectivity index (χ2n) is 6.50. The van der Waals surface area contributed by atoms with Crippen LogP contribution in [0.15, 0.2) is 0 Å². The van der Waals surface area contributed by atoms with Crippen LogP contribution in [-0.4, -0.2) is 73.9 Å². The lowest BCUT2D eigenvalue weighted by molar-refractivity contribution is -0.873. The zero-order valence-corrected chi connectivity index (χ0v) is 14.3. The van der Waals surface area contributed by atoms with Crippen LogP contribution in [-0.2, 0) is 19.1 Å². The Morgan fingerprint density at radius 3 is 2.26 bits per heavy atom. The minimum atomic E-state index is -1.20. The fourth-order valence-corrected chi connectivity index (χ4v) is 2.10. The van der Waals surface area contributed by atoms with Gasteiger partial charge in [0, 0.05) is 18.8 Å². The van der Waals surface area contributed by atoms with Crippen LogP contribution in [0.2, 0.25) is 0 Å². The van der Waals surface area contributed by atoms with Crippen molar-refractivity contribution in [3.05, 3.63) is 0 Å². The third-order valence-corrected chi connectivity index (χ3v) is 3.09. The molecule has 2 N–H and O–H groups in total. The normalized spacial score (nSPS) is 18.5. The zero-order valence-electron chi connectivity index (χ0n) is 14.3. The van der Waals surface area contributed by atoms with E-state index in [1.54, 1.807) is 6.92 Å². The molecule has 1 unspecified atom stereocenters. The van der Waals surface area contributed by atoms with Crippen LogP contribution in [0, 0.1) is 0 Å². The van der Waals surface area contributed by atoms with Crippen LogP contribution in [0.25, 0.3) is 0 Å². The van der Waals surface area contributed by atoms with Crippen molar-refractivity contribution < 1.29 is 33.8 Å². The highest BCUT2D eigenvalue weighted by Gasteiger charge is 2.21. The summed E-state index contributed by atoms with van der Waals surface area (Å²) < 4.78 is 5.55. The van der Waals surface area contributed by atoms with E-state index in [9.17, 15) is 19.5 Å². The number of nitrogens with one attached hydrogen (secondary N) is 1. The van der Waals surface area contributed by atoms with Gasteiger partial charge in [-0.25, -0.2) is 0 Å². The van der Waals surface area contributed by atoms with E-state index in [2.05, 4.69) is 5.32 Å². The number of esters is 1. The Morgan fingerprint density at radius 2 is 1.96 bits per heavy atom. The number of likely N-dealkylation sites (N-methyl/N-ethyl adjacent to an activating group) is 1. The van der Waals surface area contributed by atoms with Gasteiger partial charge in [-0.15, -0.1) is 0 Å². The summed E-state index contributed by atoms with van der Waals surface area (Å²) in [5.41, 5.74) is 0. The van der Waals surface area contributed by atoms with Gasteiger partial charge in [0.1, 0.15) is 12.6 Å². The molecule has 1 saturated heterocycles. The second kappa shape index (κ2) is 10.2. The van der Waals surface area contributed by atoms with Crippen molar-refractivity contribution in [1.29, 1.82) is 0 Å². The van der Waals surface area contributed by atoms with Crippen molar-refractivity contribution in [2.75, 3.05) is 34.2 Å². The van der Waals surface area contributed by atoms with E-state index in [0.717, 1.165) is 19.4 Å². The van der Waals surface area contributed by atoms with Crippen molar-refractivity contribution in [3.63, 3.8) is 0 Å². The molecule has 1 heterocycles. The Balaban J connectivity index is 0.000000502. The number of hydrogen-bond acceptors (Lipinski definition) is 6. The maximum Gasteiger partial charge on any atom is 0.320 e. The van der Waals surface area contributed by atoms with E-state index in [4.69, 9.17) is 9.84 Å². The predicted octanol–water partition coefficient (Wildman–Crippen LogP) is -1.02. The number of ether oxygens (including phenoxy) is 1. The van der Waals surface area contributed by atoms with Gasteiger partial charge >= 0.3 is 11.9 Å². The largest absolute Gasteiger partial charge is 0.550 e. The Bertz CT molecular complexity index is 399. The third kappa shape index (κ3) is 11.5. The second-order valence-corrected chi connectivity index (χ2v) is 6.50. The van der Waals surface area contributed by atoms with Crippen molar-refractivity contribution >= 4 is 17.9 Å². The lowest BCUT2D eigenvalue weighted by Crippen LogP contribution is -2.45. The lowest BCUT2D eigenvalue weighted by atomic mass is 10.2. The molecule has 0 saturated carbocycles. The summed E-state index contributed by atoms with van der Waals surface area (Å²) in [7, 11) is 5.71. The standard InChI is InChI=1S/C10H19NO4.C5H9NO2/c1-5-10(14)15-8(6-9(12)13)7-11(2,3)4;7-5(8)4-2-1-3-6-4/h8H,5-7H2,1-4H3;4,6H,1-3H2,(H,7,8)/t;4-/m.0/s1. The van der Waals surface area contributed by atoms with E-state index < -0.39 is 18.0 Å². The van der Waals surface area contributed by atoms with E-state index in [1.807, 2.05) is 21.1 Å². The molecule has 1 rings (SSSR count). The molecule has 0 aromatic heterocycles. The summed E-state index contributed by atoms with van der Waals surface area (Å²) in [6.45, 7) is 2.99. The van der Waals surface area contributed by atoms with Crippen molar-refractivity contribution in [1.82, 2.24) is 5.32 Å². The molecule has 1 fully saturated rings. The topological polar surface area (TPSA) is 116 Å². The number of carboxylic acid groups (broad SMARTS) is 2. The van der Waals surface area contributed by atoms with Crippen LogP contribution in [0.1, 0.15) is 32.6 Å². The quantitative estimate of drug-likeness (QED) is 0.453. The molecule has 2 atom stereocenters. The summed E-state index contributed by atoms with van der Waals surface area (Å²) in [5, 5.41) is 21.7. The van der Waals surface area contributed by atoms with Crippen molar-refractivity contribution in [3.8, 4) is 0 Å². The zero-order chi connectivity index (χ0) is 18.0. The molecular weight excluding hydrogens is 304 g/mol. The molecule has 8 heteroatoms. The Kier molecular flexibility index (Phi) is 9.43. The van der Waals surface area contributed by atoms with E-state index in [0.29, 0.717) is 11.0 Å². The summed E-state index contributed by atoms with van der Waals surface area (Å²) >= 11 is 0. The first-order valence-electron chi connectivity index (χ1n) is 7.71. The Labute approximate surface area is 137 Å². The van der Waals surface area contributed by atoms with Gasteiger partial charge in [-0.1, -0.05) is 6.92 Å². The molecule has 0 amide bonds. The van der Waals surface area contributed by atoms with Crippen molar-refractivity contribution in [2.24, 2.45) is 0 Å². The SMILES string of the molecule is CCC(=O)OC(CC(=O)[O-])C[N+](C)(C)C.O=C(O)[C@@H]1CCCN1. The van der Waals surface area contributed by atoms with Gasteiger partial charge in [0.25, 0.3) is 0 Å². The van der Waals surface area contributed by atoms with Gasteiger partial charge in [-0.05, 0) is 19.4 Å². The molecule has 1 aliphatic rings. The minimum Gasteiger partial charge on any atom is -0.550 e. The fourth-order valence-electron chi connectivity index (χ4n) is 2.10. The van der Waals surface area contributed by atoms with Crippen LogP contribution < -0.4 is 10.4 Å². The number of rotatable bonds is 7. The van der Waals surface area contributed by atoms with Gasteiger partial charge in [0.15, 0.2) is 6.10 Å². The smallest absolute Gasteiger partial charge is 0.320 e. The van der Waals surface area contributed by atoms with Gasteiger partial charge in [-0.3, -0.25) is 9.59 Å². The number of aliphatic carboxylic acids is 2. The molecule has 0 spiro atoms. The summed E-state index contributed by atoms with van der Waals surface area (Å²) in [5.74, 6) is -2.30.